The van der Waals surface area contributed by atoms with Crippen LogP contribution in [0, 0.1) is 0 Å². The van der Waals surface area contributed by atoms with Gasteiger partial charge in [-0.2, -0.15) is 0 Å². The highest BCUT2D eigenvalue weighted by Crippen LogP contribution is 2.30. The van der Waals surface area contributed by atoms with E-state index in [9.17, 15) is 5.11 Å². The minimum atomic E-state index is -0.337. The number of aliphatic hydroxyl groups excluding tert-OH is 1. The number of aliphatic hydroxyl groups is 1. The zero-order chi connectivity index (χ0) is 10.4. The van der Waals surface area contributed by atoms with E-state index in [4.69, 9.17) is 9.47 Å². The van der Waals surface area contributed by atoms with E-state index in [0.717, 1.165) is 25.7 Å². The van der Waals surface area contributed by atoms with Crippen LogP contribution in [0.1, 0.15) is 39.5 Å². The quantitative estimate of drug-likeness (QED) is 0.738. The summed E-state index contributed by atoms with van der Waals surface area (Å²) in [5, 5.41) is 10.1. The van der Waals surface area contributed by atoms with E-state index in [1.54, 1.807) is 0 Å². The Bertz CT molecular complexity index is 147. The third kappa shape index (κ3) is 2.69. The molecule has 0 saturated carbocycles. The van der Waals surface area contributed by atoms with Crippen LogP contribution in [0.5, 0.6) is 0 Å². The maximum absolute atomic E-state index is 10.1. The largest absolute Gasteiger partial charge is 0.390 e. The van der Waals surface area contributed by atoms with E-state index in [1.807, 2.05) is 6.92 Å². The fourth-order valence-electron chi connectivity index (χ4n) is 2.11. The van der Waals surface area contributed by atoms with Gasteiger partial charge in [0, 0.05) is 32.7 Å². The van der Waals surface area contributed by atoms with Gasteiger partial charge in [-0.25, -0.2) is 0 Å². The monoisotopic (exact) mass is 202 g/mol. The van der Waals surface area contributed by atoms with E-state index in [0.29, 0.717) is 19.8 Å². The lowest BCUT2D eigenvalue weighted by molar-refractivity contribution is -0.167. The highest BCUT2D eigenvalue weighted by Gasteiger charge is 2.39. The van der Waals surface area contributed by atoms with Crippen molar-refractivity contribution in [2.45, 2.75) is 51.2 Å². The highest BCUT2D eigenvalue weighted by molar-refractivity contribution is 4.90. The number of ether oxygens (including phenoxy) is 2. The first-order valence-corrected chi connectivity index (χ1v) is 5.65. The Morgan fingerprint density at radius 1 is 1.36 bits per heavy atom. The Balaban J connectivity index is 2.58. The van der Waals surface area contributed by atoms with Crippen LogP contribution in [0.3, 0.4) is 0 Å². The molecule has 3 nitrogen and oxygen atoms in total. The summed E-state index contributed by atoms with van der Waals surface area (Å²) in [5.41, 5.74) is -0.330. The number of hydrogen-bond acceptors (Lipinski definition) is 3. The van der Waals surface area contributed by atoms with Crippen molar-refractivity contribution in [3.8, 4) is 0 Å². The van der Waals surface area contributed by atoms with Crippen LogP contribution in [0.15, 0.2) is 0 Å². The van der Waals surface area contributed by atoms with Crippen LogP contribution in [0.25, 0.3) is 0 Å². The molecule has 1 N–H and O–H groups in total. The average Bonchev–Trinajstić information content (AvgIpc) is 2.20. The molecule has 1 rings (SSSR count). The summed E-state index contributed by atoms with van der Waals surface area (Å²) in [5.74, 6) is 0. The average molecular weight is 202 g/mol. The summed E-state index contributed by atoms with van der Waals surface area (Å²) < 4.78 is 11.1. The van der Waals surface area contributed by atoms with Crippen molar-refractivity contribution in [2.75, 3.05) is 19.8 Å². The molecular weight excluding hydrogens is 180 g/mol. The van der Waals surface area contributed by atoms with E-state index < -0.39 is 0 Å². The van der Waals surface area contributed by atoms with E-state index in [2.05, 4.69) is 6.92 Å². The summed E-state index contributed by atoms with van der Waals surface area (Å²) in [7, 11) is 0. The van der Waals surface area contributed by atoms with E-state index in [-0.39, 0.29) is 11.7 Å². The predicted molar refractivity (Wildman–Crippen MR) is 55.3 cm³/mol. The standard InChI is InChI=1S/C11H22O3/c1-3-5-10(12)11(14-4-2)6-8-13-9-7-11/h10,12H,3-9H2,1-2H3. The van der Waals surface area contributed by atoms with Gasteiger partial charge >= 0.3 is 0 Å². The third-order valence-electron chi connectivity index (χ3n) is 2.94. The van der Waals surface area contributed by atoms with Gasteiger partial charge in [0.1, 0.15) is 0 Å². The Kier molecular flexibility index (Phi) is 4.85. The summed E-state index contributed by atoms with van der Waals surface area (Å²) in [4.78, 5) is 0. The summed E-state index contributed by atoms with van der Waals surface area (Å²) in [6.45, 7) is 6.15. The molecule has 1 aliphatic heterocycles. The van der Waals surface area contributed by atoms with Crippen molar-refractivity contribution in [2.24, 2.45) is 0 Å². The molecule has 1 unspecified atom stereocenters. The first-order chi connectivity index (χ1) is 6.75. The van der Waals surface area contributed by atoms with Crippen molar-refractivity contribution < 1.29 is 14.6 Å². The zero-order valence-electron chi connectivity index (χ0n) is 9.29. The Morgan fingerprint density at radius 3 is 2.50 bits per heavy atom. The summed E-state index contributed by atoms with van der Waals surface area (Å²) in [6, 6.07) is 0. The maximum atomic E-state index is 10.1. The molecule has 1 atom stereocenters. The van der Waals surface area contributed by atoms with Crippen LogP contribution in [-0.2, 0) is 9.47 Å². The van der Waals surface area contributed by atoms with Crippen molar-refractivity contribution in [1.82, 2.24) is 0 Å². The second-order valence-corrected chi connectivity index (χ2v) is 3.91. The molecule has 0 aromatic heterocycles. The smallest absolute Gasteiger partial charge is 0.0983 e. The normalized spacial score (nSPS) is 23.4. The van der Waals surface area contributed by atoms with Crippen LogP contribution in [0.2, 0.25) is 0 Å². The lowest BCUT2D eigenvalue weighted by Gasteiger charge is -2.40. The Labute approximate surface area is 86.4 Å². The molecule has 0 aromatic rings. The van der Waals surface area contributed by atoms with Gasteiger partial charge in [0.15, 0.2) is 0 Å². The predicted octanol–water partition coefficient (Wildman–Crippen LogP) is 1.73. The number of rotatable bonds is 5. The molecule has 3 heteroatoms. The van der Waals surface area contributed by atoms with Crippen molar-refractivity contribution >= 4 is 0 Å². The van der Waals surface area contributed by atoms with Crippen LogP contribution >= 0.6 is 0 Å². The Morgan fingerprint density at radius 2 is 2.00 bits per heavy atom. The van der Waals surface area contributed by atoms with Gasteiger partial charge in [0.05, 0.1) is 11.7 Å². The first kappa shape index (κ1) is 12.0. The lowest BCUT2D eigenvalue weighted by atomic mass is 9.85. The second kappa shape index (κ2) is 5.69. The third-order valence-corrected chi connectivity index (χ3v) is 2.94. The van der Waals surface area contributed by atoms with Crippen molar-refractivity contribution in [1.29, 1.82) is 0 Å². The molecule has 1 fully saturated rings. The molecule has 1 saturated heterocycles. The van der Waals surface area contributed by atoms with Crippen molar-refractivity contribution in [3.05, 3.63) is 0 Å². The molecule has 14 heavy (non-hydrogen) atoms. The first-order valence-electron chi connectivity index (χ1n) is 5.65. The van der Waals surface area contributed by atoms with E-state index >= 15 is 0 Å². The molecule has 0 amide bonds. The molecule has 0 spiro atoms. The molecule has 1 heterocycles. The summed E-state index contributed by atoms with van der Waals surface area (Å²) >= 11 is 0. The Hall–Kier alpha value is -0.120. The fraction of sp³-hybridized carbons (Fsp3) is 1.00. The molecule has 84 valence electrons. The zero-order valence-corrected chi connectivity index (χ0v) is 9.29. The highest BCUT2D eigenvalue weighted by atomic mass is 16.5. The van der Waals surface area contributed by atoms with Gasteiger partial charge < -0.3 is 14.6 Å². The van der Waals surface area contributed by atoms with Crippen LogP contribution in [-0.4, -0.2) is 36.6 Å². The lowest BCUT2D eigenvalue weighted by Crippen LogP contribution is -2.49. The van der Waals surface area contributed by atoms with Gasteiger partial charge in [0.25, 0.3) is 0 Å². The molecule has 0 aliphatic carbocycles. The van der Waals surface area contributed by atoms with Crippen molar-refractivity contribution in [3.63, 3.8) is 0 Å². The summed E-state index contributed by atoms with van der Waals surface area (Å²) in [6.07, 6.45) is 3.12. The second-order valence-electron chi connectivity index (χ2n) is 3.91. The van der Waals surface area contributed by atoms with Gasteiger partial charge in [0.2, 0.25) is 0 Å². The molecule has 0 aromatic carbocycles. The topological polar surface area (TPSA) is 38.7 Å². The van der Waals surface area contributed by atoms with Gasteiger partial charge in [-0.05, 0) is 13.3 Å². The van der Waals surface area contributed by atoms with Gasteiger partial charge in [-0.1, -0.05) is 13.3 Å². The maximum Gasteiger partial charge on any atom is 0.0983 e. The number of hydrogen-bond donors (Lipinski definition) is 1. The minimum Gasteiger partial charge on any atom is -0.390 e. The van der Waals surface area contributed by atoms with Gasteiger partial charge in [-0.15, -0.1) is 0 Å². The molecule has 0 bridgehead atoms. The fourth-order valence-corrected chi connectivity index (χ4v) is 2.11. The van der Waals surface area contributed by atoms with Gasteiger partial charge in [-0.3, -0.25) is 0 Å². The molecule has 0 radical (unpaired) electrons. The SMILES string of the molecule is CCCC(O)C1(OCC)CCOCC1. The van der Waals surface area contributed by atoms with E-state index in [1.165, 1.54) is 0 Å². The molecular formula is C11H22O3. The van der Waals surface area contributed by atoms with Crippen LogP contribution in [0.4, 0.5) is 0 Å². The molecule has 1 aliphatic rings. The minimum absolute atomic E-state index is 0.330. The van der Waals surface area contributed by atoms with Crippen LogP contribution < -0.4 is 0 Å².